The van der Waals surface area contributed by atoms with Crippen LogP contribution in [0.4, 0.5) is 11.4 Å². The van der Waals surface area contributed by atoms with Gasteiger partial charge in [-0.25, -0.2) is 0 Å². The summed E-state index contributed by atoms with van der Waals surface area (Å²) in [5.74, 6) is 0.310. The van der Waals surface area contributed by atoms with Crippen molar-refractivity contribution in [2.24, 2.45) is 0 Å². The van der Waals surface area contributed by atoms with Crippen molar-refractivity contribution in [2.45, 2.75) is 26.4 Å². The summed E-state index contributed by atoms with van der Waals surface area (Å²) < 4.78 is 5.76. The predicted molar refractivity (Wildman–Crippen MR) is 87.6 cm³/mol. The third-order valence-corrected chi connectivity index (χ3v) is 3.35. The number of aryl methyl sites for hydroxylation is 1. The Morgan fingerprint density at radius 1 is 1.26 bits per heavy atom. The second kappa shape index (κ2) is 7.40. The first kappa shape index (κ1) is 16.5. The molecular formula is C17H18N2O4. The summed E-state index contributed by atoms with van der Waals surface area (Å²) in [6.45, 7) is 3.75. The van der Waals surface area contributed by atoms with Crippen LogP contribution in [0.1, 0.15) is 18.9 Å². The fourth-order valence-electron chi connectivity index (χ4n) is 2.08. The topological polar surface area (TPSA) is 81.5 Å². The van der Waals surface area contributed by atoms with Crippen molar-refractivity contribution in [2.75, 3.05) is 5.32 Å². The quantitative estimate of drug-likeness (QED) is 0.651. The van der Waals surface area contributed by atoms with Gasteiger partial charge < -0.3 is 10.1 Å². The van der Waals surface area contributed by atoms with Gasteiger partial charge in [-0.3, -0.25) is 14.9 Å². The van der Waals surface area contributed by atoms with Crippen LogP contribution >= 0.6 is 0 Å². The van der Waals surface area contributed by atoms with E-state index in [1.54, 1.807) is 12.1 Å². The van der Waals surface area contributed by atoms with Crippen LogP contribution in [0.3, 0.4) is 0 Å². The van der Waals surface area contributed by atoms with Crippen molar-refractivity contribution in [3.05, 3.63) is 64.2 Å². The van der Waals surface area contributed by atoms with E-state index in [1.807, 2.05) is 32.0 Å². The molecule has 0 saturated carbocycles. The summed E-state index contributed by atoms with van der Waals surface area (Å²) in [7, 11) is 0. The number of hydrogen-bond acceptors (Lipinski definition) is 4. The molecule has 0 fully saturated rings. The van der Waals surface area contributed by atoms with Gasteiger partial charge in [0.2, 0.25) is 0 Å². The Kier molecular flexibility index (Phi) is 5.30. The first-order chi connectivity index (χ1) is 11.0. The minimum absolute atomic E-state index is 0.0735. The molecule has 1 amide bonds. The minimum Gasteiger partial charge on any atom is -0.480 e. The Morgan fingerprint density at radius 3 is 2.65 bits per heavy atom. The van der Waals surface area contributed by atoms with Gasteiger partial charge >= 0.3 is 0 Å². The number of rotatable bonds is 6. The fraction of sp³-hybridized carbons (Fsp3) is 0.235. The number of ether oxygens (including phenoxy) is 1. The molecule has 120 valence electrons. The maximum absolute atomic E-state index is 12.3. The normalized spacial score (nSPS) is 11.6. The SMILES string of the molecule is CC[C@@H](Oc1ccccc1C)C(=O)Nc1cccc([N+](=O)[O-])c1. The summed E-state index contributed by atoms with van der Waals surface area (Å²) >= 11 is 0. The number of nitrogens with zero attached hydrogens (tertiary/aromatic N) is 1. The highest BCUT2D eigenvalue weighted by Gasteiger charge is 2.20. The van der Waals surface area contributed by atoms with Crippen molar-refractivity contribution in [3.63, 3.8) is 0 Å². The Morgan fingerprint density at radius 2 is 2.00 bits per heavy atom. The second-order valence-electron chi connectivity index (χ2n) is 5.08. The molecule has 23 heavy (non-hydrogen) atoms. The summed E-state index contributed by atoms with van der Waals surface area (Å²) in [6, 6.07) is 13.3. The van der Waals surface area contributed by atoms with Gasteiger partial charge in [-0.1, -0.05) is 31.2 Å². The Hall–Kier alpha value is -2.89. The molecule has 0 aliphatic rings. The summed E-state index contributed by atoms with van der Waals surface area (Å²) in [6.07, 6.45) is -0.190. The molecule has 0 aromatic heterocycles. The highest BCUT2D eigenvalue weighted by molar-refractivity contribution is 5.94. The number of para-hydroxylation sites is 1. The Labute approximate surface area is 134 Å². The third-order valence-electron chi connectivity index (χ3n) is 3.35. The lowest BCUT2D eigenvalue weighted by molar-refractivity contribution is -0.384. The molecule has 1 N–H and O–H groups in total. The van der Waals surface area contributed by atoms with Crippen LogP contribution in [-0.2, 0) is 4.79 Å². The maximum Gasteiger partial charge on any atom is 0.271 e. The third kappa shape index (κ3) is 4.29. The maximum atomic E-state index is 12.3. The number of anilines is 1. The molecular weight excluding hydrogens is 296 g/mol. The molecule has 6 heteroatoms. The summed E-state index contributed by atoms with van der Waals surface area (Å²) in [5, 5.41) is 13.4. The van der Waals surface area contributed by atoms with E-state index >= 15 is 0 Å². The van der Waals surface area contributed by atoms with E-state index in [0.29, 0.717) is 17.9 Å². The lowest BCUT2D eigenvalue weighted by Crippen LogP contribution is -2.32. The predicted octanol–water partition coefficient (Wildman–Crippen LogP) is 3.70. The minimum atomic E-state index is -0.671. The zero-order valence-corrected chi connectivity index (χ0v) is 13.0. The molecule has 2 aromatic rings. The summed E-state index contributed by atoms with van der Waals surface area (Å²) in [5.41, 5.74) is 1.24. The molecule has 0 bridgehead atoms. The number of non-ortho nitro benzene ring substituents is 1. The highest BCUT2D eigenvalue weighted by atomic mass is 16.6. The molecule has 1 atom stereocenters. The number of hydrogen-bond donors (Lipinski definition) is 1. The van der Waals surface area contributed by atoms with E-state index in [9.17, 15) is 14.9 Å². The molecule has 0 radical (unpaired) electrons. The number of benzene rings is 2. The van der Waals surface area contributed by atoms with Gasteiger partial charge in [0, 0.05) is 17.8 Å². The van der Waals surface area contributed by atoms with Gasteiger partial charge in [0.1, 0.15) is 5.75 Å². The Bertz CT molecular complexity index is 715. The van der Waals surface area contributed by atoms with Gasteiger partial charge in [-0.15, -0.1) is 0 Å². The fourth-order valence-corrected chi connectivity index (χ4v) is 2.08. The van der Waals surface area contributed by atoms with Crippen LogP contribution in [0.5, 0.6) is 5.75 Å². The number of amides is 1. The van der Waals surface area contributed by atoms with Gasteiger partial charge in [0.05, 0.1) is 4.92 Å². The molecule has 2 aromatic carbocycles. The number of nitro benzene ring substituents is 1. The molecule has 6 nitrogen and oxygen atoms in total. The zero-order chi connectivity index (χ0) is 16.8. The molecule has 0 spiro atoms. The van der Waals surface area contributed by atoms with Crippen LogP contribution in [-0.4, -0.2) is 16.9 Å². The van der Waals surface area contributed by atoms with E-state index in [2.05, 4.69) is 5.32 Å². The van der Waals surface area contributed by atoms with Gasteiger partial charge in [-0.2, -0.15) is 0 Å². The Balaban J connectivity index is 2.10. The lowest BCUT2D eigenvalue weighted by Gasteiger charge is -2.18. The first-order valence-electron chi connectivity index (χ1n) is 7.29. The van der Waals surface area contributed by atoms with Crippen molar-refractivity contribution in [1.82, 2.24) is 0 Å². The van der Waals surface area contributed by atoms with Crippen LogP contribution in [0.2, 0.25) is 0 Å². The average Bonchev–Trinajstić information content (AvgIpc) is 2.54. The number of nitrogens with one attached hydrogen (secondary N) is 1. The first-order valence-corrected chi connectivity index (χ1v) is 7.29. The molecule has 2 rings (SSSR count). The standard InChI is InChI=1S/C17H18N2O4/c1-3-15(23-16-10-5-4-7-12(16)2)17(20)18-13-8-6-9-14(11-13)19(21)22/h4-11,15H,3H2,1-2H3,(H,18,20)/t15-/m1/s1. The molecule has 0 saturated heterocycles. The van der Waals surface area contributed by atoms with Crippen LogP contribution in [0, 0.1) is 17.0 Å². The largest absolute Gasteiger partial charge is 0.480 e. The van der Waals surface area contributed by atoms with Crippen molar-refractivity contribution in [1.29, 1.82) is 0 Å². The molecule has 0 aliphatic carbocycles. The van der Waals surface area contributed by atoms with Gasteiger partial charge in [-0.05, 0) is 31.0 Å². The monoisotopic (exact) mass is 314 g/mol. The van der Waals surface area contributed by atoms with Crippen LogP contribution in [0.15, 0.2) is 48.5 Å². The summed E-state index contributed by atoms with van der Waals surface area (Å²) in [4.78, 5) is 22.6. The smallest absolute Gasteiger partial charge is 0.271 e. The number of carbonyl (C=O) groups excluding carboxylic acids is 1. The van der Waals surface area contributed by atoms with Crippen LogP contribution in [0.25, 0.3) is 0 Å². The molecule has 0 heterocycles. The highest BCUT2D eigenvalue weighted by Crippen LogP contribution is 2.21. The van der Waals surface area contributed by atoms with E-state index in [1.165, 1.54) is 18.2 Å². The lowest BCUT2D eigenvalue weighted by atomic mass is 10.2. The molecule has 0 aliphatic heterocycles. The average molecular weight is 314 g/mol. The van der Waals surface area contributed by atoms with E-state index in [-0.39, 0.29) is 11.6 Å². The van der Waals surface area contributed by atoms with Crippen molar-refractivity contribution in [3.8, 4) is 5.75 Å². The van der Waals surface area contributed by atoms with E-state index < -0.39 is 11.0 Å². The number of nitro groups is 1. The van der Waals surface area contributed by atoms with Crippen molar-refractivity contribution < 1.29 is 14.5 Å². The second-order valence-corrected chi connectivity index (χ2v) is 5.08. The van der Waals surface area contributed by atoms with Gasteiger partial charge in [0.15, 0.2) is 6.10 Å². The van der Waals surface area contributed by atoms with Crippen LogP contribution < -0.4 is 10.1 Å². The van der Waals surface area contributed by atoms with E-state index in [0.717, 1.165) is 5.56 Å². The molecule has 0 unspecified atom stereocenters. The van der Waals surface area contributed by atoms with E-state index in [4.69, 9.17) is 4.74 Å². The number of carbonyl (C=O) groups is 1. The zero-order valence-electron chi connectivity index (χ0n) is 13.0. The van der Waals surface area contributed by atoms with Gasteiger partial charge in [0.25, 0.3) is 11.6 Å². The van der Waals surface area contributed by atoms with Crippen molar-refractivity contribution >= 4 is 17.3 Å².